The Morgan fingerprint density at radius 3 is 2.53 bits per heavy atom. The zero-order valence-electron chi connectivity index (χ0n) is 18.0. The second-order valence-corrected chi connectivity index (χ2v) is 7.76. The Morgan fingerprint density at radius 1 is 1.07 bits per heavy atom. The standard InChI is InChI=1S/C24H33N5O/c1-19(30)28-22-12-10-20(11-13-22)14-15-26-24(25-2)27-17-23-9-6-16-29(23)18-21-7-4-3-5-8-21/h3-5,7-8,10-13,23H,6,9,14-18H2,1-2H3,(H,28,30)(H2,25,26,27). The number of benzene rings is 2. The minimum Gasteiger partial charge on any atom is -0.356 e. The third kappa shape index (κ3) is 6.88. The molecule has 0 radical (unpaired) electrons. The summed E-state index contributed by atoms with van der Waals surface area (Å²) in [4.78, 5) is 18.0. The summed E-state index contributed by atoms with van der Waals surface area (Å²) in [5.74, 6) is 0.792. The van der Waals surface area contributed by atoms with Crippen molar-refractivity contribution in [3.8, 4) is 0 Å². The van der Waals surface area contributed by atoms with E-state index in [2.05, 4.69) is 56.2 Å². The van der Waals surface area contributed by atoms with E-state index in [9.17, 15) is 4.79 Å². The summed E-state index contributed by atoms with van der Waals surface area (Å²) in [6, 6.07) is 19.2. The Bertz CT molecular complexity index is 819. The lowest BCUT2D eigenvalue weighted by Gasteiger charge is -2.25. The molecule has 2 aromatic rings. The fraction of sp³-hybridized carbons (Fsp3) is 0.417. The number of amides is 1. The fourth-order valence-corrected chi connectivity index (χ4v) is 3.87. The summed E-state index contributed by atoms with van der Waals surface area (Å²) >= 11 is 0. The normalized spacial score (nSPS) is 17.0. The van der Waals surface area contributed by atoms with Crippen molar-refractivity contribution < 1.29 is 4.79 Å². The zero-order chi connectivity index (χ0) is 21.2. The molecule has 0 bridgehead atoms. The number of carbonyl (C=O) groups excluding carboxylic acids is 1. The van der Waals surface area contributed by atoms with Crippen molar-refractivity contribution in [1.82, 2.24) is 15.5 Å². The number of carbonyl (C=O) groups is 1. The van der Waals surface area contributed by atoms with Gasteiger partial charge in [-0.2, -0.15) is 0 Å². The molecule has 1 aliphatic rings. The average Bonchev–Trinajstić information content (AvgIpc) is 3.19. The van der Waals surface area contributed by atoms with Gasteiger partial charge in [0, 0.05) is 45.3 Å². The van der Waals surface area contributed by atoms with Crippen LogP contribution < -0.4 is 16.0 Å². The third-order valence-corrected chi connectivity index (χ3v) is 5.44. The number of nitrogens with one attached hydrogen (secondary N) is 3. The van der Waals surface area contributed by atoms with Gasteiger partial charge in [-0.05, 0) is 49.1 Å². The average molecular weight is 408 g/mol. The summed E-state index contributed by atoms with van der Waals surface area (Å²) in [5, 5.41) is 9.69. The number of hydrogen-bond acceptors (Lipinski definition) is 3. The van der Waals surface area contributed by atoms with Crippen LogP contribution >= 0.6 is 0 Å². The van der Waals surface area contributed by atoms with E-state index in [1.165, 1.54) is 30.9 Å². The number of anilines is 1. The highest BCUT2D eigenvalue weighted by molar-refractivity contribution is 5.88. The first-order chi connectivity index (χ1) is 14.6. The number of hydrogen-bond donors (Lipinski definition) is 3. The van der Waals surface area contributed by atoms with Gasteiger partial charge in [-0.25, -0.2) is 0 Å². The molecule has 30 heavy (non-hydrogen) atoms. The van der Waals surface area contributed by atoms with E-state index in [0.717, 1.165) is 44.2 Å². The van der Waals surface area contributed by atoms with Gasteiger partial charge in [0.15, 0.2) is 5.96 Å². The number of aliphatic imine (C=N–C) groups is 1. The van der Waals surface area contributed by atoms with Gasteiger partial charge in [-0.1, -0.05) is 42.5 Å². The summed E-state index contributed by atoms with van der Waals surface area (Å²) < 4.78 is 0. The van der Waals surface area contributed by atoms with Gasteiger partial charge in [0.2, 0.25) is 5.91 Å². The lowest BCUT2D eigenvalue weighted by molar-refractivity contribution is -0.114. The van der Waals surface area contributed by atoms with E-state index in [-0.39, 0.29) is 5.91 Å². The first kappa shape index (κ1) is 21.8. The maximum absolute atomic E-state index is 11.1. The highest BCUT2D eigenvalue weighted by Crippen LogP contribution is 2.19. The number of likely N-dealkylation sites (tertiary alicyclic amines) is 1. The van der Waals surface area contributed by atoms with Crippen LogP contribution in [0.3, 0.4) is 0 Å². The van der Waals surface area contributed by atoms with E-state index in [4.69, 9.17) is 0 Å². The second-order valence-electron chi connectivity index (χ2n) is 7.76. The summed E-state index contributed by atoms with van der Waals surface area (Å²) in [6.45, 7) is 5.38. The van der Waals surface area contributed by atoms with E-state index in [0.29, 0.717) is 6.04 Å². The molecule has 0 saturated carbocycles. The molecule has 0 spiro atoms. The molecule has 1 unspecified atom stereocenters. The molecule has 6 heteroatoms. The van der Waals surface area contributed by atoms with Crippen LogP contribution in [0.25, 0.3) is 0 Å². The molecule has 2 aromatic carbocycles. The molecular formula is C24H33N5O. The van der Waals surface area contributed by atoms with Crippen molar-refractivity contribution in [3.05, 3.63) is 65.7 Å². The van der Waals surface area contributed by atoms with E-state index in [1.54, 1.807) is 0 Å². The van der Waals surface area contributed by atoms with Gasteiger partial charge in [-0.15, -0.1) is 0 Å². The first-order valence-corrected chi connectivity index (χ1v) is 10.7. The van der Waals surface area contributed by atoms with E-state index >= 15 is 0 Å². The summed E-state index contributed by atoms with van der Waals surface area (Å²) in [5.41, 5.74) is 3.42. The number of nitrogens with zero attached hydrogens (tertiary/aromatic N) is 2. The zero-order valence-corrected chi connectivity index (χ0v) is 18.0. The molecule has 6 nitrogen and oxygen atoms in total. The van der Waals surface area contributed by atoms with Crippen LogP contribution in [-0.4, -0.2) is 49.5 Å². The highest BCUT2D eigenvalue weighted by Gasteiger charge is 2.24. The largest absolute Gasteiger partial charge is 0.356 e. The lowest BCUT2D eigenvalue weighted by atomic mass is 10.1. The molecule has 0 aromatic heterocycles. The molecule has 1 amide bonds. The Morgan fingerprint density at radius 2 is 1.83 bits per heavy atom. The maximum atomic E-state index is 11.1. The molecule has 1 heterocycles. The minimum absolute atomic E-state index is 0.0520. The van der Waals surface area contributed by atoms with Crippen molar-refractivity contribution in [1.29, 1.82) is 0 Å². The molecule has 1 aliphatic heterocycles. The lowest BCUT2D eigenvalue weighted by Crippen LogP contribution is -2.45. The number of rotatable bonds is 8. The highest BCUT2D eigenvalue weighted by atomic mass is 16.1. The van der Waals surface area contributed by atoms with Crippen LogP contribution in [0.15, 0.2) is 59.6 Å². The third-order valence-electron chi connectivity index (χ3n) is 5.44. The van der Waals surface area contributed by atoms with Crippen LogP contribution in [0.4, 0.5) is 5.69 Å². The SMILES string of the molecule is CN=C(NCCc1ccc(NC(C)=O)cc1)NCC1CCCN1Cc1ccccc1. The van der Waals surface area contributed by atoms with Crippen LogP contribution in [0, 0.1) is 0 Å². The molecule has 0 aliphatic carbocycles. The Labute approximate surface area is 179 Å². The monoisotopic (exact) mass is 407 g/mol. The predicted molar refractivity (Wildman–Crippen MR) is 124 cm³/mol. The van der Waals surface area contributed by atoms with Gasteiger partial charge in [0.05, 0.1) is 0 Å². The first-order valence-electron chi connectivity index (χ1n) is 10.7. The van der Waals surface area contributed by atoms with Gasteiger partial charge >= 0.3 is 0 Å². The minimum atomic E-state index is -0.0520. The van der Waals surface area contributed by atoms with Crippen LogP contribution in [-0.2, 0) is 17.8 Å². The van der Waals surface area contributed by atoms with Crippen molar-refractivity contribution in [2.24, 2.45) is 4.99 Å². The van der Waals surface area contributed by atoms with E-state index < -0.39 is 0 Å². The van der Waals surface area contributed by atoms with Gasteiger partial charge in [-0.3, -0.25) is 14.7 Å². The Hall–Kier alpha value is -2.86. The fourth-order valence-electron chi connectivity index (χ4n) is 3.87. The summed E-state index contributed by atoms with van der Waals surface area (Å²) in [7, 11) is 1.81. The Kier molecular flexibility index (Phi) is 8.27. The van der Waals surface area contributed by atoms with E-state index in [1.807, 2.05) is 31.3 Å². The van der Waals surface area contributed by atoms with Crippen molar-refractivity contribution in [2.75, 3.05) is 32.0 Å². The molecule has 160 valence electrons. The molecular weight excluding hydrogens is 374 g/mol. The van der Waals surface area contributed by atoms with Crippen molar-refractivity contribution >= 4 is 17.6 Å². The van der Waals surface area contributed by atoms with Gasteiger partial charge in [0.25, 0.3) is 0 Å². The maximum Gasteiger partial charge on any atom is 0.221 e. The molecule has 1 atom stereocenters. The number of guanidine groups is 1. The predicted octanol–water partition coefficient (Wildman–Crippen LogP) is 3.02. The second kappa shape index (κ2) is 11.4. The van der Waals surface area contributed by atoms with Gasteiger partial charge in [0.1, 0.15) is 0 Å². The van der Waals surface area contributed by atoms with Crippen LogP contribution in [0.5, 0.6) is 0 Å². The summed E-state index contributed by atoms with van der Waals surface area (Å²) in [6.07, 6.45) is 3.36. The molecule has 1 fully saturated rings. The van der Waals surface area contributed by atoms with Gasteiger partial charge < -0.3 is 16.0 Å². The van der Waals surface area contributed by atoms with Crippen molar-refractivity contribution in [3.63, 3.8) is 0 Å². The molecule has 1 saturated heterocycles. The smallest absolute Gasteiger partial charge is 0.221 e. The molecule has 3 N–H and O–H groups in total. The van der Waals surface area contributed by atoms with Crippen LogP contribution in [0.2, 0.25) is 0 Å². The molecule has 3 rings (SSSR count). The van der Waals surface area contributed by atoms with Crippen molar-refractivity contribution in [2.45, 2.75) is 38.8 Å². The topological polar surface area (TPSA) is 68.8 Å². The Balaban J connectivity index is 1.40. The quantitative estimate of drug-likeness (QED) is 0.465. The van der Waals surface area contributed by atoms with Crippen LogP contribution in [0.1, 0.15) is 30.9 Å².